The van der Waals surface area contributed by atoms with E-state index in [4.69, 9.17) is 5.73 Å². The molecule has 1 rings (SSSR count). The van der Waals surface area contributed by atoms with Crippen LogP contribution in [0, 0.1) is 12.8 Å². The van der Waals surface area contributed by atoms with E-state index in [1.165, 1.54) is 0 Å². The van der Waals surface area contributed by atoms with E-state index in [9.17, 15) is 0 Å². The number of nitrogens with two attached hydrogens (primary N) is 1. The Morgan fingerprint density at radius 3 is 2.59 bits per heavy atom. The maximum Gasteiger partial charge on any atom is 0.0547 e. The van der Waals surface area contributed by atoms with Gasteiger partial charge in [0.25, 0.3) is 0 Å². The molecule has 0 amide bonds. The maximum atomic E-state index is 6.11. The Labute approximate surface area is 105 Å². The minimum Gasteiger partial charge on any atom is -0.326 e. The van der Waals surface area contributed by atoms with E-state index in [0.29, 0.717) is 5.92 Å². The minimum absolute atomic E-state index is 0.236. The molecule has 96 valence electrons. The van der Waals surface area contributed by atoms with Gasteiger partial charge < -0.3 is 5.73 Å². The number of rotatable bonds is 6. The van der Waals surface area contributed by atoms with Gasteiger partial charge in [0.05, 0.1) is 5.69 Å². The highest BCUT2D eigenvalue weighted by Crippen LogP contribution is 2.06. The summed E-state index contributed by atoms with van der Waals surface area (Å²) in [5, 5.41) is 0. The smallest absolute Gasteiger partial charge is 0.0547 e. The molecule has 0 bridgehead atoms. The molecule has 0 spiro atoms. The van der Waals surface area contributed by atoms with Gasteiger partial charge in [-0.15, -0.1) is 0 Å². The Morgan fingerprint density at radius 2 is 2.06 bits per heavy atom. The summed E-state index contributed by atoms with van der Waals surface area (Å²) in [5.41, 5.74) is 8.32. The van der Waals surface area contributed by atoms with Crippen LogP contribution in [0.1, 0.15) is 32.2 Å². The lowest BCUT2D eigenvalue weighted by atomic mass is 10.1. The van der Waals surface area contributed by atoms with E-state index >= 15 is 0 Å². The van der Waals surface area contributed by atoms with Crippen molar-refractivity contribution >= 4 is 0 Å². The van der Waals surface area contributed by atoms with Crippen molar-refractivity contribution < 1.29 is 0 Å². The summed E-state index contributed by atoms with van der Waals surface area (Å²) < 4.78 is 0. The SMILES string of the molecule is CCN(Cc1cccc(C)n1)C[C@@H](N)C(C)C. The third-order valence-corrected chi connectivity index (χ3v) is 3.10. The second-order valence-electron chi connectivity index (χ2n) is 5.01. The van der Waals surface area contributed by atoms with E-state index in [2.05, 4.69) is 42.8 Å². The normalized spacial score (nSPS) is 13.4. The highest BCUT2D eigenvalue weighted by Gasteiger charge is 2.13. The average molecular weight is 235 g/mol. The molecule has 0 fully saturated rings. The number of aryl methyl sites for hydroxylation is 1. The molecule has 0 radical (unpaired) electrons. The molecule has 0 saturated carbocycles. The highest BCUT2D eigenvalue weighted by atomic mass is 15.1. The molecule has 1 heterocycles. The zero-order valence-electron chi connectivity index (χ0n) is 11.5. The van der Waals surface area contributed by atoms with E-state index in [1.807, 2.05) is 13.0 Å². The van der Waals surface area contributed by atoms with Gasteiger partial charge in [-0.2, -0.15) is 0 Å². The van der Waals surface area contributed by atoms with Crippen LogP contribution in [0.4, 0.5) is 0 Å². The van der Waals surface area contributed by atoms with Crippen LogP contribution in [0.15, 0.2) is 18.2 Å². The van der Waals surface area contributed by atoms with E-state index in [-0.39, 0.29) is 6.04 Å². The summed E-state index contributed by atoms with van der Waals surface area (Å²) in [6, 6.07) is 6.41. The van der Waals surface area contributed by atoms with Gasteiger partial charge in [-0.25, -0.2) is 0 Å². The molecule has 0 saturated heterocycles. The van der Waals surface area contributed by atoms with Crippen LogP contribution < -0.4 is 5.73 Å². The Hall–Kier alpha value is -0.930. The van der Waals surface area contributed by atoms with Crippen LogP contribution in [0.3, 0.4) is 0 Å². The summed E-state index contributed by atoms with van der Waals surface area (Å²) in [7, 11) is 0. The van der Waals surface area contributed by atoms with Crippen molar-refractivity contribution in [2.45, 2.75) is 40.3 Å². The van der Waals surface area contributed by atoms with E-state index in [0.717, 1.165) is 31.0 Å². The van der Waals surface area contributed by atoms with Gasteiger partial charge in [-0.3, -0.25) is 9.88 Å². The van der Waals surface area contributed by atoms with Gasteiger partial charge in [0.2, 0.25) is 0 Å². The lowest BCUT2D eigenvalue weighted by molar-refractivity contribution is 0.238. The highest BCUT2D eigenvalue weighted by molar-refractivity contribution is 5.09. The molecular weight excluding hydrogens is 210 g/mol. The number of pyridine rings is 1. The molecule has 1 aromatic rings. The van der Waals surface area contributed by atoms with Crippen LogP contribution in [0.5, 0.6) is 0 Å². The summed E-state index contributed by atoms with van der Waals surface area (Å²) in [6.07, 6.45) is 0. The van der Waals surface area contributed by atoms with E-state index in [1.54, 1.807) is 0 Å². The van der Waals surface area contributed by atoms with Crippen molar-refractivity contribution in [3.05, 3.63) is 29.6 Å². The van der Waals surface area contributed by atoms with Crippen molar-refractivity contribution in [1.29, 1.82) is 0 Å². The minimum atomic E-state index is 0.236. The summed E-state index contributed by atoms with van der Waals surface area (Å²) >= 11 is 0. The lowest BCUT2D eigenvalue weighted by Crippen LogP contribution is -2.40. The average Bonchev–Trinajstić information content (AvgIpc) is 2.27. The number of aromatic nitrogens is 1. The first-order valence-electron chi connectivity index (χ1n) is 6.43. The molecule has 2 N–H and O–H groups in total. The first kappa shape index (κ1) is 14.1. The molecule has 1 atom stereocenters. The first-order valence-corrected chi connectivity index (χ1v) is 6.43. The Balaban J connectivity index is 2.58. The predicted molar refractivity (Wildman–Crippen MR) is 72.7 cm³/mol. The third-order valence-electron chi connectivity index (χ3n) is 3.10. The standard InChI is InChI=1S/C14H25N3/c1-5-17(10-14(15)11(2)3)9-13-8-6-7-12(4)16-13/h6-8,11,14H,5,9-10,15H2,1-4H3/t14-/m1/s1. The number of likely N-dealkylation sites (N-methyl/N-ethyl adjacent to an activating group) is 1. The fourth-order valence-corrected chi connectivity index (χ4v) is 1.73. The summed E-state index contributed by atoms with van der Waals surface area (Å²) in [5.74, 6) is 0.523. The Bertz CT molecular complexity index is 336. The second kappa shape index (κ2) is 6.72. The van der Waals surface area contributed by atoms with Crippen molar-refractivity contribution in [3.63, 3.8) is 0 Å². The molecule has 17 heavy (non-hydrogen) atoms. The van der Waals surface area contributed by atoms with Crippen LogP contribution >= 0.6 is 0 Å². The van der Waals surface area contributed by atoms with E-state index < -0.39 is 0 Å². The van der Waals surface area contributed by atoms with Crippen molar-refractivity contribution in [3.8, 4) is 0 Å². The van der Waals surface area contributed by atoms with Crippen molar-refractivity contribution in [2.75, 3.05) is 13.1 Å². The van der Waals surface area contributed by atoms with Crippen LogP contribution in [0.25, 0.3) is 0 Å². The summed E-state index contributed by atoms with van der Waals surface area (Å²) in [4.78, 5) is 6.88. The molecule has 3 heteroatoms. The Morgan fingerprint density at radius 1 is 1.35 bits per heavy atom. The van der Waals surface area contributed by atoms with Gasteiger partial charge in [0, 0.05) is 24.8 Å². The quantitative estimate of drug-likeness (QED) is 0.822. The summed E-state index contributed by atoms with van der Waals surface area (Å²) in [6.45, 7) is 11.4. The number of hydrogen-bond acceptors (Lipinski definition) is 3. The first-order chi connectivity index (χ1) is 8.02. The predicted octanol–water partition coefficient (Wildman–Crippen LogP) is 2.20. The van der Waals surface area contributed by atoms with Gasteiger partial charge in [-0.1, -0.05) is 26.8 Å². The molecule has 0 aliphatic rings. The second-order valence-corrected chi connectivity index (χ2v) is 5.01. The molecule has 3 nitrogen and oxygen atoms in total. The number of hydrogen-bond donors (Lipinski definition) is 1. The fourth-order valence-electron chi connectivity index (χ4n) is 1.73. The molecular formula is C14H25N3. The fraction of sp³-hybridized carbons (Fsp3) is 0.643. The molecule has 0 aliphatic carbocycles. The molecule has 0 unspecified atom stereocenters. The topological polar surface area (TPSA) is 42.2 Å². The van der Waals surface area contributed by atoms with Crippen LogP contribution in [-0.4, -0.2) is 29.0 Å². The zero-order valence-corrected chi connectivity index (χ0v) is 11.5. The third kappa shape index (κ3) is 4.84. The van der Waals surface area contributed by atoms with Crippen molar-refractivity contribution in [2.24, 2.45) is 11.7 Å². The Kier molecular flexibility index (Phi) is 5.59. The zero-order chi connectivity index (χ0) is 12.8. The number of nitrogens with zero attached hydrogens (tertiary/aromatic N) is 2. The van der Waals surface area contributed by atoms with Gasteiger partial charge in [0.1, 0.15) is 0 Å². The van der Waals surface area contributed by atoms with Gasteiger partial charge in [-0.05, 0) is 31.5 Å². The van der Waals surface area contributed by atoms with Gasteiger partial charge >= 0.3 is 0 Å². The van der Waals surface area contributed by atoms with Crippen molar-refractivity contribution in [1.82, 2.24) is 9.88 Å². The maximum absolute atomic E-state index is 6.11. The molecule has 1 aromatic heterocycles. The van der Waals surface area contributed by atoms with Crippen LogP contribution in [0.2, 0.25) is 0 Å². The molecule has 0 aromatic carbocycles. The molecule has 0 aliphatic heterocycles. The lowest BCUT2D eigenvalue weighted by Gasteiger charge is -2.26. The monoisotopic (exact) mass is 235 g/mol. The van der Waals surface area contributed by atoms with Crippen LogP contribution in [-0.2, 0) is 6.54 Å². The van der Waals surface area contributed by atoms with Gasteiger partial charge in [0.15, 0.2) is 0 Å². The largest absolute Gasteiger partial charge is 0.326 e.